The highest BCUT2D eigenvalue weighted by Crippen LogP contribution is 2.36. The van der Waals surface area contributed by atoms with Crippen molar-refractivity contribution in [2.75, 3.05) is 0 Å². The van der Waals surface area contributed by atoms with E-state index in [0.29, 0.717) is 26.2 Å². The number of aryl methyl sites for hydroxylation is 1. The van der Waals surface area contributed by atoms with Crippen LogP contribution in [0.3, 0.4) is 0 Å². The molecule has 156 valence electrons. The van der Waals surface area contributed by atoms with Gasteiger partial charge in [-0.2, -0.15) is 0 Å². The topological polar surface area (TPSA) is 111 Å². The molecule has 0 fully saturated rings. The number of fused-ring (bicyclic) bond motifs is 1. The number of benzene rings is 2. The van der Waals surface area contributed by atoms with Crippen molar-refractivity contribution in [3.05, 3.63) is 75.5 Å². The molecular weight excluding hydrogens is 436 g/mol. The van der Waals surface area contributed by atoms with Crippen molar-refractivity contribution >= 4 is 56.6 Å². The Labute approximate surface area is 185 Å². The lowest BCUT2D eigenvalue weighted by molar-refractivity contribution is -0.387. The molecule has 0 amide bonds. The second-order valence-electron chi connectivity index (χ2n) is 6.63. The van der Waals surface area contributed by atoms with Crippen LogP contribution in [0.5, 0.6) is 0 Å². The van der Waals surface area contributed by atoms with E-state index in [2.05, 4.69) is 9.97 Å². The van der Waals surface area contributed by atoms with Crippen molar-refractivity contribution in [2.24, 2.45) is 7.05 Å². The van der Waals surface area contributed by atoms with Crippen LogP contribution in [-0.2, 0) is 11.8 Å². The Bertz CT molecular complexity index is 1290. The summed E-state index contributed by atoms with van der Waals surface area (Å²) in [6.07, 6.45) is 4.80. The summed E-state index contributed by atoms with van der Waals surface area (Å²) in [5.41, 5.74) is 1.74. The zero-order chi connectivity index (χ0) is 22.0. The van der Waals surface area contributed by atoms with Crippen LogP contribution >= 0.6 is 23.1 Å². The van der Waals surface area contributed by atoms with E-state index < -0.39 is 10.9 Å². The average Bonchev–Trinajstić information content (AvgIpc) is 3.34. The van der Waals surface area contributed by atoms with Gasteiger partial charge in [-0.1, -0.05) is 18.2 Å². The fourth-order valence-electron chi connectivity index (χ4n) is 2.96. The van der Waals surface area contributed by atoms with Gasteiger partial charge in [0.25, 0.3) is 5.69 Å². The first-order valence-corrected chi connectivity index (χ1v) is 10.8. The number of aromatic nitrogens is 3. The fraction of sp³-hybridized carbons (Fsp3) is 0.0952. The second-order valence-corrected chi connectivity index (χ2v) is 8.67. The standard InChI is InChI=1S/C21H16N4O4S2/c1-24-9-8-22-21(24)31-18-7-6-13(11-16(18)25(28)29)10-14(12-19(26)27)20-23-15-4-2-3-5-17(15)30-20/h2-11H,12H2,1H3,(H,26,27)/b14-10+. The van der Waals surface area contributed by atoms with E-state index in [0.717, 1.165) is 10.2 Å². The smallest absolute Gasteiger partial charge is 0.307 e. The SMILES string of the molecule is Cn1ccnc1Sc1ccc(/C=C(\CC(=O)O)c2nc3ccccc3s2)cc1[N+](=O)[O-]. The molecule has 1 N–H and O–H groups in total. The third kappa shape index (κ3) is 4.65. The monoisotopic (exact) mass is 452 g/mol. The number of nitro groups is 1. The third-order valence-electron chi connectivity index (χ3n) is 4.41. The molecular formula is C21H16N4O4S2. The molecule has 31 heavy (non-hydrogen) atoms. The minimum Gasteiger partial charge on any atom is -0.481 e. The normalized spacial score (nSPS) is 11.7. The number of carboxylic acid groups (broad SMARTS) is 1. The van der Waals surface area contributed by atoms with Crippen LogP contribution < -0.4 is 0 Å². The maximum Gasteiger partial charge on any atom is 0.307 e. The van der Waals surface area contributed by atoms with E-state index in [4.69, 9.17) is 0 Å². The van der Waals surface area contributed by atoms with Crippen molar-refractivity contribution in [2.45, 2.75) is 16.5 Å². The predicted molar refractivity (Wildman–Crippen MR) is 120 cm³/mol. The van der Waals surface area contributed by atoms with Crippen molar-refractivity contribution in [3.8, 4) is 0 Å². The predicted octanol–water partition coefficient (Wildman–Crippen LogP) is 5.10. The van der Waals surface area contributed by atoms with Gasteiger partial charge in [0.2, 0.25) is 0 Å². The molecule has 0 bridgehead atoms. The Hall–Kier alpha value is -3.50. The largest absolute Gasteiger partial charge is 0.481 e. The average molecular weight is 453 g/mol. The van der Waals surface area contributed by atoms with Gasteiger partial charge in [-0.15, -0.1) is 11.3 Å². The summed E-state index contributed by atoms with van der Waals surface area (Å²) in [5.74, 6) is -0.998. The Morgan fingerprint density at radius 3 is 2.81 bits per heavy atom. The van der Waals surface area contributed by atoms with Gasteiger partial charge in [-0.05, 0) is 47.2 Å². The lowest BCUT2D eigenvalue weighted by Gasteiger charge is -2.06. The number of nitro benzene ring substituents is 1. The maximum atomic E-state index is 11.7. The van der Waals surface area contributed by atoms with E-state index in [-0.39, 0.29) is 12.1 Å². The molecule has 8 nitrogen and oxygen atoms in total. The molecule has 2 heterocycles. The van der Waals surface area contributed by atoms with Crippen molar-refractivity contribution < 1.29 is 14.8 Å². The van der Waals surface area contributed by atoms with Gasteiger partial charge in [0.05, 0.1) is 26.5 Å². The first-order chi connectivity index (χ1) is 14.9. The number of aliphatic carboxylic acids is 1. The van der Waals surface area contributed by atoms with Gasteiger partial charge < -0.3 is 9.67 Å². The molecule has 2 aromatic heterocycles. The van der Waals surface area contributed by atoms with E-state index in [1.54, 1.807) is 35.2 Å². The van der Waals surface area contributed by atoms with Gasteiger partial charge in [-0.3, -0.25) is 14.9 Å². The zero-order valence-corrected chi connectivity index (χ0v) is 17.9. The van der Waals surface area contributed by atoms with Crippen LogP contribution in [0.1, 0.15) is 17.0 Å². The number of hydrogen-bond donors (Lipinski definition) is 1. The minimum absolute atomic E-state index is 0.0688. The van der Waals surface area contributed by atoms with Crippen LogP contribution in [0.15, 0.2) is 64.9 Å². The summed E-state index contributed by atoms with van der Waals surface area (Å²) >= 11 is 2.59. The summed E-state index contributed by atoms with van der Waals surface area (Å²) in [7, 11) is 1.81. The summed E-state index contributed by atoms with van der Waals surface area (Å²) in [4.78, 5) is 31.9. The van der Waals surface area contributed by atoms with Crippen LogP contribution in [0.2, 0.25) is 0 Å². The second kappa shape index (κ2) is 8.70. The van der Waals surface area contributed by atoms with E-state index in [1.807, 2.05) is 31.3 Å². The van der Waals surface area contributed by atoms with Crippen LogP contribution in [0, 0.1) is 10.1 Å². The van der Waals surface area contributed by atoms with Gasteiger partial charge in [0, 0.05) is 25.5 Å². The summed E-state index contributed by atoms with van der Waals surface area (Å²) in [5, 5.41) is 22.3. The van der Waals surface area contributed by atoms with E-state index in [9.17, 15) is 20.0 Å². The van der Waals surface area contributed by atoms with Gasteiger partial charge in [-0.25, -0.2) is 9.97 Å². The molecule has 2 aromatic carbocycles. The van der Waals surface area contributed by atoms with Gasteiger partial charge in [0.15, 0.2) is 5.16 Å². The van der Waals surface area contributed by atoms with Crippen LogP contribution in [0.25, 0.3) is 21.9 Å². The molecule has 0 spiro atoms. The van der Waals surface area contributed by atoms with Crippen molar-refractivity contribution in [1.29, 1.82) is 0 Å². The Balaban J connectivity index is 1.74. The molecule has 10 heteroatoms. The highest BCUT2D eigenvalue weighted by Gasteiger charge is 2.18. The highest BCUT2D eigenvalue weighted by molar-refractivity contribution is 7.99. The van der Waals surface area contributed by atoms with E-state index >= 15 is 0 Å². The number of para-hydroxylation sites is 1. The zero-order valence-electron chi connectivity index (χ0n) is 16.3. The number of nitrogens with zero attached hydrogens (tertiary/aromatic N) is 4. The molecule has 4 aromatic rings. The van der Waals surface area contributed by atoms with Gasteiger partial charge >= 0.3 is 5.97 Å². The Morgan fingerprint density at radius 2 is 2.13 bits per heavy atom. The first kappa shape index (κ1) is 20.8. The molecule has 0 atom stereocenters. The van der Waals surface area contributed by atoms with Crippen molar-refractivity contribution in [1.82, 2.24) is 14.5 Å². The van der Waals surface area contributed by atoms with Crippen LogP contribution in [0.4, 0.5) is 5.69 Å². The molecule has 0 aliphatic carbocycles. The molecule has 0 saturated carbocycles. The number of imidazole rings is 1. The van der Waals surface area contributed by atoms with Crippen LogP contribution in [-0.4, -0.2) is 30.5 Å². The highest BCUT2D eigenvalue weighted by atomic mass is 32.2. The van der Waals surface area contributed by atoms with Gasteiger partial charge in [0.1, 0.15) is 5.01 Å². The molecule has 0 aliphatic heterocycles. The molecule has 0 radical (unpaired) electrons. The number of carboxylic acids is 1. The maximum absolute atomic E-state index is 11.7. The lowest BCUT2D eigenvalue weighted by Crippen LogP contribution is -1.97. The molecule has 4 rings (SSSR count). The molecule has 0 aliphatic rings. The summed E-state index contributed by atoms with van der Waals surface area (Å²) in [6, 6.07) is 12.4. The number of rotatable bonds is 7. The Kier molecular flexibility index (Phi) is 5.83. The van der Waals surface area contributed by atoms with Crippen molar-refractivity contribution in [3.63, 3.8) is 0 Å². The third-order valence-corrected chi connectivity index (χ3v) is 6.66. The number of carbonyl (C=O) groups is 1. The first-order valence-electron chi connectivity index (χ1n) is 9.12. The molecule has 0 saturated heterocycles. The number of hydrogen-bond acceptors (Lipinski definition) is 7. The molecule has 0 unspecified atom stereocenters. The Morgan fingerprint density at radius 1 is 1.32 bits per heavy atom. The lowest BCUT2D eigenvalue weighted by atomic mass is 10.1. The number of thiazole rings is 1. The fourth-order valence-corrected chi connectivity index (χ4v) is 4.83. The van der Waals surface area contributed by atoms with E-state index in [1.165, 1.54) is 29.2 Å². The minimum atomic E-state index is -0.998. The summed E-state index contributed by atoms with van der Waals surface area (Å²) < 4.78 is 2.72. The summed E-state index contributed by atoms with van der Waals surface area (Å²) in [6.45, 7) is 0. The quantitative estimate of drug-likeness (QED) is 0.306.